The number of benzene rings is 1. The average molecular weight is 310 g/mol. The van der Waals surface area contributed by atoms with E-state index in [1.807, 2.05) is 0 Å². The summed E-state index contributed by atoms with van der Waals surface area (Å²) < 4.78 is 32.5. The first-order valence-corrected chi connectivity index (χ1v) is 8.72. The zero-order valence-corrected chi connectivity index (χ0v) is 12.4. The highest BCUT2D eigenvalue weighted by Crippen LogP contribution is 2.37. The van der Waals surface area contributed by atoms with Crippen LogP contribution in [0.1, 0.15) is 12.8 Å². The van der Waals surface area contributed by atoms with Gasteiger partial charge in [-0.15, -0.1) is 0 Å². The Balaban J connectivity index is 1.75. The molecule has 0 spiro atoms. The van der Waals surface area contributed by atoms with Gasteiger partial charge in [-0.05, 0) is 25.0 Å². The molecule has 114 valence electrons. The summed E-state index contributed by atoms with van der Waals surface area (Å²) in [6.45, 7) is 2.34. The lowest BCUT2D eigenvalue weighted by molar-refractivity contribution is 0.198. The van der Waals surface area contributed by atoms with Gasteiger partial charge >= 0.3 is 0 Å². The SMILES string of the molecule is O=S1(=O)c2ccc(N3CC[C@@H](O)C3)cc2O[C@H]2CCN1C2. The Morgan fingerprint density at radius 2 is 2.05 bits per heavy atom. The van der Waals surface area contributed by atoms with Gasteiger partial charge in [-0.3, -0.25) is 0 Å². The van der Waals surface area contributed by atoms with Crippen LogP contribution in [-0.4, -0.2) is 56.2 Å². The highest BCUT2D eigenvalue weighted by atomic mass is 32.2. The van der Waals surface area contributed by atoms with Gasteiger partial charge in [-0.2, -0.15) is 4.31 Å². The van der Waals surface area contributed by atoms with Crippen molar-refractivity contribution in [3.63, 3.8) is 0 Å². The Morgan fingerprint density at radius 3 is 2.81 bits per heavy atom. The van der Waals surface area contributed by atoms with E-state index in [9.17, 15) is 13.5 Å². The molecule has 4 rings (SSSR count). The van der Waals surface area contributed by atoms with Gasteiger partial charge in [0.05, 0.1) is 12.6 Å². The van der Waals surface area contributed by atoms with E-state index in [2.05, 4.69) is 4.90 Å². The molecule has 3 atom stereocenters. The third-order valence-electron chi connectivity index (χ3n) is 4.48. The molecule has 0 saturated carbocycles. The van der Waals surface area contributed by atoms with E-state index in [4.69, 9.17) is 4.74 Å². The van der Waals surface area contributed by atoms with Crippen molar-refractivity contribution >= 4 is 15.7 Å². The molecule has 3 heterocycles. The maximum atomic E-state index is 12.6. The van der Waals surface area contributed by atoms with Gasteiger partial charge in [-0.25, -0.2) is 8.42 Å². The standard InChI is InChI=1S/C14H18N2O4S/c17-11-3-5-15(8-11)10-1-2-14-13(7-10)20-12-4-6-16(9-12)21(14,18)19/h1-2,7,11-12,17H,3-6,8-9H2/t11-,12+/m1/s1. The van der Waals surface area contributed by atoms with Crippen molar-refractivity contribution in [1.82, 2.24) is 4.31 Å². The van der Waals surface area contributed by atoms with Crippen LogP contribution in [0.15, 0.2) is 23.1 Å². The van der Waals surface area contributed by atoms with Crippen LogP contribution in [0.25, 0.3) is 0 Å². The van der Waals surface area contributed by atoms with Gasteiger partial charge in [-0.1, -0.05) is 0 Å². The highest BCUT2D eigenvalue weighted by molar-refractivity contribution is 7.89. The second kappa shape index (κ2) is 4.59. The second-order valence-electron chi connectivity index (χ2n) is 5.91. The maximum Gasteiger partial charge on any atom is 0.246 e. The van der Waals surface area contributed by atoms with Gasteiger partial charge in [0.15, 0.2) is 0 Å². The molecule has 0 amide bonds. The van der Waals surface area contributed by atoms with Crippen molar-refractivity contribution in [2.45, 2.75) is 29.9 Å². The number of ether oxygens (including phenoxy) is 1. The van der Waals surface area contributed by atoms with Gasteiger partial charge < -0.3 is 14.7 Å². The molecule has 1 N–H and O–H groups in total. The molecule has 1 unspecified atom stereocenters. The predicted molar refractivity (Wildman–Crippen MR) is 77.1 cm³/mol. The van der Waals surface area contributed by atoms with Crippen LogP contribution in [0, 0.1) is 0 Å². The Hall–Kier alpha value is -1.31. The zero-order chi connectivity index (χ0) is 14.6. The highest BCUT2D eigenvalue weighted by Gasteiger charge is 2.39. The van der Waals surface area contributed by atoms with Crippen molar-refractivity contribution in [3.8, 4) is 5.75 Å². The number of β-amino-alcohol motifs (C(OH)–C–C–N with tert-alkyl or cyclic N) is 1. The number of hydrogen-bond acceptors (Lipinski definition) is 5. The first kappa shape index (κ1) is 13.4. The minimum atomic E-state index is -3.44. The van der Waals surface area contributed by atoms with E-state index in [1.54, 1.807) is 18.2 Å². The average Bonchev–Trinajstić information content (AvgIpc) is 3.05. The monoisotopic (exact) mass is 310 g/mol. The molecule has 21 heavy (non-hydrogen) atoms. The van der Waals surface area contributed by atoms with Crippen LogP contribution in [0.5, 0.6) is 5.75 Å². The molecule has 2 saturated heterocycles. The van der Waals surface area contributed by atoms with Crippen LogP contribution in [0.4, 0.5) is 5.69 Å². The van der Waals surface area contributed by atoms with Gasteiger partial charge in [0.25, 0.3) is 0 Å². The fourth-order valence-corrected chi connectivity index (χ4v) is 4.89. The number of aliphatic hydroxyl groups is 1. The van der Waals surface area contributed by atoms with Crippen molar-refractivity contribution in [2.24, 2.45) is 0 Å². The quantitative estimate of drug-likeness (QED) is 0.814. The summed E-state index contributed by atoms with van der Waals surface area (Å²) in [6.07, 6.45) is 1.12. The number of aliphatic hydroxyl groups excluding tert-OH is 1. The molecule has 6 nitrogen and oxygen atoms in total. The lowest BCUT2D eigenvalue weighted by Gasteiger charge is -2.21. The molecule has 7 heteroatoms. The zero-order valence-electron chi connectivity index (χ0n) is 11.6. The summed E-state index contributed by atoms with van der Waals surface area (Å²) in [5.41, 5.74) is 0.910. The summed E-state index contributed by atoms with van der Waals surface area (Å²) >= 11 is 0. The molecule has 2 bridgehead atoms. The van der Waals surface area contributed by atoms with E-state index in [0.717, 1.165) is 25.1 Å². The van der Waals surface area contributed by atoms with Crippen LogP contribution < -0.4 is 9.64 Å². The molecule has 1 aromatic carbocycles. The topological polar surface area (TPSA) is 70.1 Å². The molecule has 3 aliphatic heterocycles. The summed E-state index contributed by atoms with van der Waals surface area (Å²) in [7, 11) is -3.44. The smallest absolute Gasteiger partial charge is 0.246 e. The third kappa shape index (κ3) is 2.11. The summed E-state index contributed by atoms with van der Waals surface area (Å²) in [5.74, 6) is 0.445. The van der Waals surface area contributed by atoms with Crippen LogP contribution in [-0.2, 0) is 10.0 Å². The summed E-state index contributed by atoms with van der Waals surface area (Å²) in [4.78, 5) is 2.32. The lowest BCUT2D eigenvalue weighted by Crippen LogP contribution is -2.28. The van der Waals surface area contributed by atoms with E-state index >= 15 is 0 Å². The van der Waals surface area contributed by atoms with Crippen molar-refractivity contribution < 1.29 is 18.3 Å². The first-order valence-electron chi connectivity index (χ1n) is 7.28. The fraction of sp³-hybridized carbons (Fsp3) is 0.571. The number of rotatable bonds is 1. The molecule has 3 aliphatic rings. The lowest BCUT2D eigenvalue weighted by atomic mass is 10.2. The molecular formula is C14H18N2O4S. The number of nitrogens with zero attached hydrogens (tertiary/aromatic N) is 2. The number of anilines is 1. The Kier molecular flexibility index (Phi) is 2.92. The Bertz CT molecular complexity index is 676. The van der Waals surface area contributed by atoms with Gasteiger partial charge in [0, 0.05) is 31.4 Å². The normalized spacial score (nSPS) is 33.4. The minimum absolute atomic E-state index is 0.0551. The first-order chi connectivity index (χ1) is 10.0. The number of hydrogen-bond donors (Lipinski definition) is 1. The Labute approximate surface area is 124 Å². The molecule has 0 radical (unpaired) electrons. The van der Waals surface area contributed by atoms with Crippen molar-refractivity contribution in [1.29, 1.82) is 0 Å². The molecule has 1 aromatic rings. The van der Waals surface area contributed by atoms with Crippen LogP contribution in [0.2, 0.25) is 0 Å². The second-order valence-corrected chi connectivity index (χ2v) is 7.82. The van der Waals surface area contributed by atoms with Crippen molar-refractivity contribution in [2.75, 3.05) is 31.1 Å². The third-order valence-corrected chi connectivity index (χ3v) is 6.38. The number of fused-ring (bicyclic) bond motifs is 3. The van der Waals surface area contributed by atoms with E-state index in [0.29, 0.717) is 25.4 Å². The summed E-state index contributed by atoms with van der Waals surface area (Å²) in [5, 5.41) is 9.64. The molecular weight excluding hydrogens is 292 g/mol. The maximum absolute atomic E-state index is 12.6. The van der Waals surface area contributed by atoms with Crippen molar-refractivity contribution in [3.05, 3.63) is 18.2 Å². The molecule has 2 fully saturated rings. The summed E-state index contributed by atoms with van der Waals surface area (Å²) in [6, 6.07) is 5.23. The molecule has 0 aliphatic carbocycles. The van der Waals surface area contributed by atoms with Crippen LogP contribution in [0.3, 0.4) is 0 Å². The van der Waals surface area contributed by atoms with E-state index < -0.39 is 10.0 Å². The van der Waals surface area contributed by atoms with Crippen LogP contribution >= 0.6 is 0 Å². The molecule has 0 aromatic heterocycles. The number of sulfonamides is 1. The minimum Gasteiger partial charge on any atom is -0.487 e. The fourth-order valence-electron chi connectivity index (χ4n) is 3.31. The van der Waals surface area contributed by atoms with Gasteiger partial charge in [0.2, 0.25) is 10.0 Å². The predicted octanol–water partition coefficient (Wildman–Crippen LogP) is 0.413. The van der Waals surface area contributed by atoms with E-state index in [1.165, 1.54) is 4.31 Å². The Morgan fingerprint density at radius 1 is 1.19 bits per heavy atom. The van der Waals surface area contributed by atoms with Gasteiger partial charge in [0.1, 0.15) is 16.7 Å². The largest absolute Gasteiger partial charge is 0.487 e. The van der Waals surface area contributed by atoms with E-state index in [-0.39, 0.29) is 17.1 Å².